The van der Waals surface area contributed by atoms with Gasteiger partial charge in [-0.3, -0.25) is 4.79 Å². The molecule has 0 spiro atoms. The van der Waals surface area contributed by atoms with E-state index in [2.05, 4.69) is 37.3 Å². The molecule has 3 N–H and O–H groups in total. The topological polar surface area (TPSA) is 91.2 Å². The number of phenolic OH excluding ortho intramolecular Hbond substituents is 1. The minimum Gasteiger partial charge on any atom is -0.508 e. The lowest BCUT2D eigenvalue weighted by Crippen LogP contribution is -2.53. The molecule has 4 aliphatic rings. The van der Waals surface area contributed by atoms with Crippen molar-refractivity contribution in [3.05, 3.63) is 41.5 Å². The van der Waals surface area contributed by atoms with Crippen molar-refractivity contribution in [3.63, 3.8) is 0 Å². The van der Waals surface area contributed by atoms with Crippen LogP contribution in [0.2, 0.25) is 0 Å². The van der Waals surface area contributed by atoms with Gasteiger partial charge in [-0.2, -0.15) is 0 Å². The monoisotopic (exact) mass is 494 g/mol. The lowest BCUT2D eigenvalue weighted by molar-refractivity contribution is -0.125. The highest BCUT2D eigenvalue weighted by atomic mass is 16.6. The average molecular weight is 495 g/mol. The van der Waals surface area contributed by atoms with E-state index in [1.54, 1.807) is 12.1 Å². The number of nitrogens with one attached hydrogen (secondary N) is 1. The summed E-state index contributed by atoms with van der Waals surface area (Å²) in [6.45, 7) is 7.32. The third-order valence-electron chi connectivity index (χ3n) is 10.6. The molecule has 1 aromatic carbocycles. The Hall–Kier alpha value is -2.34. The summed E-state index contributed by atoms with van der Waals surface area (Å²) in [5, 5.41) is 27.7. The van der Waals surface area contributed by atoms with E-state index in [1.807, 2.05) is 12.1 Å². The SMILES string of the molecule is C[C@]12CC/C(=N/OCC(=O)NCCc3ccc(O)cc3)C=C1CC[C@@H]1[C@H]2CC[C@@]2(C)[C@@H]1CC[C@]2(C)O. The first-order valence-electron chi connectivity index (χ1n) is 13.8. The van der Waals surface area contributed by atoms with E-state index >= 15 is 0 Å². The lowest BCUT2D eigenvalue weighted by Gasteiger charge is -2.59. The summed E-state index contributed by atoms with van der Waals surface area (Å²) in [6, 6.07) is 7.00. The van der Waals surface area contributed by atoms with Gasteiger partial charge in [0.05, 0.1) is 11.3 Å². The fourth-order valence-electron chi connectivity index (χ4n) is 8.12. The average Bonchev–Trinajstić information content (AvgIpc) is 3.09. The summed E-state index contributed by atoms with van der Waals surface area (Å²) in [5.41, 5.74) is 3.25. The van der Waals surface area contributed by atoms with Crippen LogP contribution in [0.1, 0.15) is 77.7 Å². The van der Waals surface area contributed by atoms with Gasteiger partial charge in [-0.05, 0) is 117 Å². The Balaban J connectivity index is 1.15. The van der Waals surface area contributed by atoms with E-state index in [9.17, 15) is 15.0 Å². The quantitative estimate of drug-likeness (QED) is 0.478. The number of rotatable bonds is 6. The summed E-state index contributed by atoms with van der Waals surface area (Å²) in [6.07, 6.45) is 11.7. The Labute approximate surface area is 215 Å². The molecular weight excluding hydrogens is 452 g/mol. The van der Waals surface area contributed by atoms with Gasteiger partial charge in [0, 0.05) is 6.54 Å². The Morgan fingerprint density at radius 2 is 1.81 bits per heavy atom. The van der Waals surface area contributed by atoms with Crippen LogP contribution in [0.5, 0.6) is 5.75 Å². The largest absolute Gasteiger partial charge is 0.508 e. The maximum atomic E-state index is 12.1. The van der Waals surface area contributed by atoms with Crippen LogP contribution in [0, 0.1) is 28.6 Å². The van der Waals surface area contributed by atoms with Gasteiger partial charge in [0.1, 0.15) is 5.75 Å². The molecule has 0 aromatic heterocycles. The molecule has 6 nitrogen and oxygen atoms in total. The summed E-state index contributed by atoms with van der Waals surface area (Å²) in [5.74, 6) is 2.09. The number of benzene rings is 1. The number of fused-ring (bicyclic) bond motifs is 5. The number of phenols is 1. The maximum absolute atomic E-state index is 12.1. The minimum atomic E-state index is -0.527. The van der Waals surface area contributed by atoms with E-state index in [4.69, 9.17) is 4.84 Å². The first kappa shape index (κ1) is 25.3. The summed E-state index contributed by atoms with van der Waals surface area (Å²) < 4.78 is 0. The Morgan fingerprint density at radius 3 is 2.58 bits per heavy atom. The molecule has 0 radical (unpaired) electrons. The first-order chi connectivity index (χ1) is 17.1. The predicted molar refractivity (Wildman–Crippen MR) is 141 cm³/mol. The van der Waals surface area contributed by atoms with Gasteiger partial charge < -0.3 is 20.4 Å². The fraction of sp³-hybridized carbons (Fsp3) is 0.667. The number of hydrogen-bond donors (Lipinski definition) is 3. The van der Waals surface area contributed by atoms with Crippen LogP contribution in [0.25, 0.3) is 0 Å². The van der Waals surface area contributed by atoms with Crippen LogP contribution in [0.15, 0.2) is 41.1 Å². The van der Waals surface area contributed by atoms with Crippen LogP contribution in [0.3, 0.4) is 0 Å². The lowest BCUT2D eigenvalue weighted by atomic mass is 9.46. The maximum Gasteiger partial charge on any atom is 0.260 e. The van der Waals surface area contributed by atoms with Gasteiger partial charge >= 0.3 is 0 Å². The Morgan fingerprint density at radius 1 is 1.06 bits per heavy atom. The molecule has 1 aromatic rings. The highest BCUT2D eigenvalue weighted by Crippen LogP contribution is 2.67. The third kappa shape index (κ3) is 4.46. The molecule has 36 heavy (non-hydrogen) atoms. The minimum absolute atomic E-state index is 0.0610. The highest BCUT2D eigenvalue weighted by Gasteiger charge is 2.62. The Bertz CT molecular complexity index is 1050. The van der Waals surface area contributed by atoms with E-state index in [1.165, 1.54) is 18.4 Å². The fourth-order valence-corrected chi connectivity index (χ4v) is 8.12. The molecule has 6 atom stereocenters. The Kier molecular flexibility index (Phi) is 6.69. The van der Waals surface area contributed by atoms with Crippen LogP contribution in [0.4, 0.5) is 0 Å². The molecule has 5 rings (SSSR count). The van der Waals surface area contributed by atoms with Crippen molar-refractivity contribution in [1.82, 2.24) is 5.32 Å². The van der Waals surface area contributed by atoms with Crippen molar-refractivity contribution >= 4 is 11.6 Å². The van der Waals surface area contributed by atoms with Crippen LogP contribution in [-0.4, -0.2) is 40.6 Å². The number of hydrogen-bond acceptors (Lipinski definition) is 5. The smallest absolute Gasteiger partial charge is 0.260 e. The standard InChI is InChI=1S/C30H42N2O4/c1-28-14-10-22(32-36-19-27(34)31-17-13-20-4-7-23(33)8-5-20)18-21(28)6-9-24-25(28)11-15-29(2)26(24)12-16-30(29,3)35/h4-5,7-8,18,24-26,33,35H,6,9-17,19H2,1-3H3,(H,31,34)/b32-22-/t24-,25-,26-,28+,29+,30+/m1/s1. The number of carbonyl (C=O) groups excluding carboxylic acids is 1. The number of allylic oxidation sites excluding steroid dienone is 2. The molecule has 0 saturated heterocycles. The molecule has 6 heteroatoms. The second-order valence-corrected chi connectivity index (χ2v) is 12.4. The van der Waals surface area contributed by atoms with Gasteiger partial charge in [-0.15, -0.1) is 0 Å². The molecule has 1 amide bonds. The van der Waals surface area contributed by atoms with Crippen molar-refractivity contribution < 1.29 is 19.8 Å². The zero-order chi connectivity index (χ0) is 25.6. The summed E-state index contributed by atoms with van der Waals surface area (Å²) in [7, 11) is 0. The molecule has 4 aliphatic carbocycles. The van der Waals surface area contributed by atoms with Gasteiger partial charge in [-0.1, -0.05) is 36.7 Å². The predicted octanol–water partition coefficient (Wildman–Crippen LogP) is 5.14. The molecule has 0 unspecified atom stereocenters. The number of aliphatic hydroxyl groups is 1. The molecular formula is C30H42N2O4. The van der Waals surface area contributed by atoms with Crippen molar-refractivity contribution in [2.75, 3.05) is 13.2 Å². The van der Waals surface area contributed by atoms with Gasteiger partial charge in [-0.25, -0.2) is 0 Å². The molecule has 3 saturated carbocycles. The number of carbonyl (C=O) groups is 1. The van der Waals surface area contributed by atoms with E-state index in [0.29, 0.717) is 30.7 Å². The third-order valence-corrected chi connectivity index (χ3v) is 10.6. The first-order valence-corrected chi connectivity index (χ1v) is 13.8. The zero-order valence-electron chi connectivity index (χ0n) is 22.1. The van der Waals surface area contributed by atoms with Gasteiger partial charge in [0.25, 0.3) is 5.91 Å². The van der Waals surface area contributed by atoms with Crippen LogP contribution < -0.4 is 5.32 Å². The van der Waals surface area contributed by atoms with E-state index in [-0.39, 0.29) is 29.1 Å². The normalized spacial score (nSPS) is 38.5. The van der Waals surface area contributed by atoms with Crippen LogP contribution >= 0.6 is 0 Å². The van der Waals surface area contributed by atoms with Crippen molar-refractivity contribution in [1.29, 1.82) is 0 Å². The molecule has 0 bridgehead atoms. The van der Waals surface area contributed by atoms with Crippen molar-refractivity contribution in [2.24, 2.45) is 33.7 Å². The van der Waals surface area contributed by atoms with Crippen molar-refractivity contribution in [2.45, 2.75) is 84.2 Å². The van der Waals surface area contributed by atoms with Gasteiger partial charge in [0.15, 0.2) is 6.61 Å². The van der Waals surface area contributed by atoms with Crippen molar-refractivity contribution in [3.8, 4) is 5.75 Å². The number of oxime groups is 1. The highest BCUT2D eigenvalue weighted by molar-refractivity contribution is 5.96. The zero-order valence-corrected chi connectivity index (χ0v) is 22.1. The number of amides is 1. The molecule has 0 heterocycles. The second kappa shape index (κ2) is 9.51. The number of aromatic hydroxyl groups is 1. The molecule has 0 aliphatic heterocycles. The van der Waals surface area contributed by atoms with Gasteiger partial charge in [0.2, 0.25) is 0 Å². The molecule has 3 fully saturated rings. The van der Waals surface area contributed by atoms with E-state index in [0.717, 1.165) is 49.8 Å². The summed E-state index contributed by atoms with van der Waals surface area (Å²) in [4.78, 5) is 17.6. The second-order valence-electron chi connectivity index (χ2n) is 12.4. The molecule has 196 valence electrons. The van der Waals surface area contributed by atoms with E-state index < -0.39 is 5.60 Å². The summed E-state index contributed by atoms with van der Waals surface area (Å²) >= 11 is 0. The van der Waals surface area contributed by atoms with Crippen LogP contribution in [-0.2, 0) is 16.1 Å². The number of nitrogens with zero attached hydrogens (tertiary/aromatic N) is 1.